The van der Waals surface area contributed by atoms with Gasteiger partial charge in [0.2, 0.25) is 0 Å². The van der Waals surface area contributed by atoms with Crippen LogP contribution < -0.4 is 0 Å². The van der Waals surface area contributed by atoms with E-state index in [-0.39, 0.29) is 11.2 Å². The Kier molecular flexibility index (Phi) is 3.80. The molecule has 0 aliphatic rings. The van der Waals surface area contributed by atoms with Crippen LogP contribution in [0.25, 0.3) is 0 Å². The fourth-order valence-electron chi connectivity index (χ4n) is 1.87. The predicted octanol–water partition coefficient (Wildman–Crippen LogP) is 3.57. The van der Waals surface area contributed by atoms with Crippen LogP contribution in [0.15, 0.2) is 24.3 Å². The average molecular weight is 274 g/mol. The lowest BCUT2D eigenvalue weighted by atomic mass is 9.86. The lowest BCUT2D eigenvalue weighted by Gasteiger charge is -2.19. The van der Waals surface area contributed by atoms with Crippen LogP contribution in [0.1, 0.15) is 47.3 Å². The number of aromatic nitrogens is 2. The number of rotatable bonds is 3. The van der Waals surface area contributed by atoms with Crippen LogP contribution in [-0.4, -0.2) is 15.4 Å². The maximum Gasteiger partial charge on any atom is 0.180 e. The van der Waals surface area contributed by atoms with Crippen LogP contribution in [0.2, 0.25) is 0 Å². The highest BCUT2D eigenvalue weighted by atomic mass is 32.1. The quantitative estimate of drug-likeness (QED) is 0.804. The summed E-state index contributed by atoms with van der Waals surface area (Å²) in [4.78, 5) is 12.8. The zero-order valence-electron chi connectivity index (χ0n) is 11.7. The van der Waals surface area contributed by atoms with Crippen LogP contribution in [0.5, 0.6) is 0 Å². The van der Waals surface area contributed by atoms with Gasteiger partial charge in [-0.05, 0) is 35.0 Å². The van der Waals surface area contributed by atoms with Crippen LogP contribution in [0.4, 0.5) is 0 Å². The predicted molar refractivity (Wildman–Crippen MR) is 77.8 cm³/mol. The second-order valence-electron chi connectivity index (χ2n) is 5.73. The van der Waals surface area contributed by atoms with Crippen LogP contribution >= 0.6 is 11.5 Å². The van der Waals surface area contributed by atoms with Crippen LogP contribution in [-0.2, 0) is 11.8 Å². The summed E-state index contributed by atoms with van der Waals surface area (Å²) in [5, 5.41) is 3.87. The Bertz CT molecular complexity index is 579. The van der Waals surface area contributed by atoms with Gasteiger partial charge in [0.25, 0.3) is 0 Å². The second kappa shape index (κ2) is 5.21. The summed E-state index contributed by atoms with van der Waals surface area (Å²) >= 11 is 1.17. The third kappa shape index (κ3) is 3.26. The minimum absolute atomic E-state index is 0.0935. The van der Waals surface area contributed by atoms with Gasteiger partial charge in [0.1, 0.15) is 4.88 Å². The fraction of sp³-hybridized carbons (Fsp3) is 0.400. The molecule has 2 aromatic rings. The van der Waals surface area contributed by atoms with Gasteiger partial charge in [0.15, 0.2) is 5.78 Å². The Labute approximate surface area is 117 Å². The van der Waals surface area contributed by atoms with E-state index in [1.807, 2.05) is 19.1 Å². The molecular weight excluding hydrogens is 256 g/mol. The van der Waals surface area contributed by atoms with E-state index in [4.69, 9.17) is 0 Å². The van der Waals surface area contributed by atoms with Gasteiger partial charge in [0.05, 0.1) is 5.69 Å². The van der Waals surface area contributed by atoms with Crippen LogP contribution in [0.3, 0.4) is 0 Å². The first-order valence-corrected chi connectivity index (χ1v) is 7.07. The molecule has 19 heavy (non-hydrogen) atoms. The molecular formula is C15H18N2OS. The summed E-state index contributed by atoms with van der Waals surface area (Å²) in [6, 6.07) is 8.26. The molecule has 0 N–H and O–H groups in total. The standard InChI is InChI=1S/C15H18N2OS/c1-10-14(19-17-16-10)13(18)9-11-5-7-12(8-6-11)15(2,3)4/h5-8H,9H2,1-4H3. The summed E-state index contributed by atoms with van der Waals surface area (Å²) in [5.41, 5.74) is 3.17. The zero-order chi connectivity index (χ0) is 14.0. The first-order chi connectivity index (χ1) is 8.88. The van der Waals surface area contributed by atoms with Crippen LogP contribution in [0, 0.1) is 6.92 Å². The van der Waals surface area contributed by atoms with Crippen molar-refractivity contribution >= 4 is 17.3 Å². The SMILES string of the molecule is Cc1nnsc1C(=O)Cc1ccc(C(C)(C)C)cc1. The highest BCUT2D eigenvalue weighted by molar-refractivity contribution is 7.08. The molecule has 1 aromatic heterocycles. The Hall–Kier alpha value is -1.55. The first-order valence-electron chi connectivity index (χ1n) is 6.29. The first kappa shape index (κ1) is 13.9. The van der Waals surface area contributed by atoms with Gasteiger partial charge in [0, 0.05) is 6.42 Å². The molecule has 0 unspecified atom stereocenters. The average Bonchev–Trinajstić information content (AvgIpc) is 2.75. The van der Waals surface area contributed by atoms with Crippen molar-refractivity contribution in [2.45, 2.75) is 39.5 Å². The second-order valence-corrected chi connectivity index (χ2v) is 6.49. The number of ketones is 1. The number of carbonyl (C=O) groups is 1. The van der Waals surface area contributed by atoms with Crippen molar-refractivity contribution in [3.8, 4) is 0 Å². The van der Waals surface area contributed by atoms with E-state index < -0.39 is 0 Å². The number of hydrogen-bond donors (Lipinski definition) is 0. The molecule has 0 aliphatic heterocycles. The molecule has 3 nitrogen and oxygen atoms in total. The topological polar surface area (TPSA) is 42.9 Å². The van der Waals surface area contributed by atoms with Gasteiger partial charge in [-0.2, -0.15) is 0 Å². The third-order valence-electron chi connectivity index (χ3n) is 3.09. The molecule has 0 fully saturated rings. The molecule has 0 amide bonds. The van der Waals surface area contributed by atoms with E-state index >= 15 is 0 Å². The van der Waals surface area contributed by atoms with Crippen molar-refractivity contribution in [2.75, 3.05) is 0 Å². The van der Waals surface area contributed by atoms with E-state index in [0.29, 0.717) is 11.3 Å². The minimum atomic E-state index is 0.0935. The Morgan fingerprint density at radius 1 is 1.21 bits per heavy atom. The van der Waals surface area contributed by atoms with Crippen molar-refractivity contribution in [3.63, 3.8) is 0 Å². The lowest BCUT2D eigenvalue weighted by molar-refractivity contribution is 0.0996. The van der Waals surface area contributed by atoms with Crippen molar-refractivity contribution in [2.24, 2.45) is 0 Å². The maximum absolute atomic E-state index is 12.1. The third-order valence-corrected chi connectivity index (χ3v) is 3.96. The van der Waals surface area contributed by atoms with Gasteiger partial charge in [-0.25, -0.2) is 0 Å². The summed E-state index contributed by atoms with van der Waals surface area (Å²) in [6.45, 7) is 8.36. The molecule has 0 atom stereocenters. The number of Topliss-reactive ketones (excluding diaryl/α,β-unsaturated/α-hetero) is 1. The molecule has 1 heterocycles. The van der Waals surface area contributed by atoms with Gasteiger partial charge in [-0.1, -0.05) is 49.5 Å². The van der Waals surface area contributed by atoms with E-state index in [1.165, 1.54) is 17.1 Å². The van der Waals surface area contributed by atoms with Gasteiger partial charge in [-0.3, -0.25) is 4.79 Å². The Morgan fingerprint density at radius 2 is 1.84 bits per heavy atom. The molecule has 0 saturated carbocycles. The Morgan fingerprint density at radius 3 is 2.32 bits per heavy atom. The van der Waals surface area contributed by atoms with E-state index in [2.05, 4.69) is 42.5 Å². The van der Waals surface area contributed by atoms with Crippen molar-refractivity contribution in [3.05, 3.63) is 46.0 Å². The summed E-state index contributed by atoms with van der Waals surface area (Å²) < 4.78 is 3.80. The Balaban J connectivity index is 2.12. The highest BCUT2D eigenvalue weighted by Gasteiger charge is 2.15. The summed E-state index contributed by atoms with van der Waals surface area (Å²) in [6.07, 6.45) is 0.412. The van der Waals surface area contributed by atoms with Gasteiger partial charge in [-0.15, -0.1) is 5.10 Å². The molecule has 2 rings (SSSR count). The molecule has 0 radical (unpaired) electrons. The lowest BCUT2D eigenvalue weighted by Crippen LogP contribution is -2.11. The van der Waals surface area contributed by atoms with Gasteiger partial charge < -0.3 is 0 Å². The van der Waals surface area contributed by atoms with E-state index in [9.17, 15) is 4.79 Å². The van der Waals surface area contributed by atoms with E-state index in [1.54, 1.807) is 0 Å². The number of benzene rings is 1. The monoisotopic (exact) mass is 274 g/mol. The normalized spacial score (nSPS) is 11.6. The number of aryl methyl sites for hydroxylation is 1. The van der Waals surface area contributed by atoms with Crippen molar-refractivity contribution in [1.29, 1.82) is 0 Å². The molecule has 0 spiro atoms. The number of nitrogens with zero attached hydrogens (tertiary/aromatic N) is 2. The molecule has 1 aromatic carbocycles. The number of carbonyl (C=O) groups excluding carboxylic acids is 1. The summed E-state index contributed by atoms with van der Waals surface area (Å²) in [7, 11) is 0. The largest absolute Gasteiger partial charge is 0.293 e. The fourth-order valence-corrected chi connectivity index (χ4v) is 2.47. The highest BCUT2D eigenvalue weighted by Crippen LogP contribution is 2.22. The smallest absolute Gasteiger partial charge is 0.180 e. The maximum atomic E-state index is 12.1. The minimum Gasteiger partial charge on any atom is -0.293 e. The van der Waals surface area contributed by atoms with Crippen molar-refractivity contribution < 1.29 is 4.79 Å². The molecule has 4 heteroatoms. The van der Waals surface area contributed by atoms with E-state index in [0.717, 1.165) is 11.3 Å². The molecule has 100 valence electrons. The van der Waals surface area contributed by atoms with Gasteiger partial charge >= 0.3 is 0 Å². The van der Waals surface area contributed by atoms with Crippen molar-refractivity contribution in [1.82, 2.24) is 9.59 Å². The molecule has 0 aliphatic carbocycles. The zero-order valence-corrected chi connectivity index (χ0v) is 12.5. The molecule has 0 saturated heterocycles. The molecule has 0 bridgehead atoms. The summed E-state index contributed by atoms with van der Waals surface area (Å²) in [5.74, 6) is 0.0935. The number of hydrogen-bond acceptors (Lipinski definition) is 4.